The van der Waals surface area contributed by atoms with Crippen LogP contribution in [0.2, 0.25) is 0 Å². The first-order valence-corrected chi connectivity index (χ1v) is 6.98. The van der Waals surface area contributed by atoms with Gasteiger partial charge in [-0.05, 0) is 33.6 Å². The summed E-state index contributed by atoms with van der Waals surface area (Å²) >= 11 is 0. The molecule has 1 saturated heterocycles. The summed E-state index contributed by atoms with van der Waals surface area (Å²) in [5.74, 6) is 0.178. The highest BCUT2D eigenvalue weighted by Gasteiger charge is 2.40. The van der Waals surface area contributed by atoms with Crippen LogP contribution in [-0.2, 0) is 14.3 Å². The molecule has 1 aliphatic carbocycles. The maximum Gasteiger partial charge on any atom is 0.410 e. The minimum absolute atomic E-state index is 0.0761. The molecule has 0 unspecified atom stereocenters. The van der Waals surface area contributed by atoms with Crippen molar-refractivity contribution in [2.24, 2.45) is 5.92 Å². The molecule has 0 aromatic rings. The number of nitrogens with zero attached hydrogens (tertiary/aromatic N) is 1. The normalized spacial score (nSPS) is 28.6. The molecule has 1 heterocycles. The van der Waals surface area contributed by atoms with Gasteiger partial charge in [-0.2, -0.15) is 0 Å². The highest BCUT2D eigenvalue weighted by molar-refractivity contribution is 5.84. The molecule has 0 bridgehead atoms. The van der Waals surface area contributed by atoms with Crippen molar-refractivity contribution >= 4 is 11.9 Å². The van der Waals surface area contributed by atoms with E-state index in [1.807, 2.05) is 20.8 Å². The second-order valence-electron chi connectivity index (χ2n) is 6.28. The first-order valence-electron chi connectivity index (χ1n) is 6.98. The van der Waals surface area contributed by atoms with E-state index < -0.39 is 5.60 Å². The molecule has 0 aromatic heterocycles. The Balaban J connectivity index is 2.07. The predicted octanol–water partition coefficient (Wildman–Crippen LogP) is 1.99. The third kappa shape index (κ3) is 3.47. The number of hydrogen-bond donors (Lipinski definition) is 0. The Morgan fingerprint density at radius 3 is 2.74 bits per heavy atom. The maximum atomic E-state index is 12.2. The van der Waals surface area contributed by atoms with Gasteiger partial charge in [0, 0.05) is 18.9 Å². The molecule has 1 aliphatic heterocycles. The topological polar surface area (TPSA) is 55.8 Å². The molecular weight excluding hydrogens is 246 g/mol. The molecule has 19 heavy (non-hydrogen) atoms. The molecule has 2 rings (SSSR count). The summed E-state index contributed by atoms with van der Waals surface area (Å²) in [6.07, 6.45) is 2.07. The van der Waals surface area contributed by atoms with Crippen LogP contribution in [0, 0.1) is 5.92 Å². The SMILES string of the molecule is CC(C)(C)OC(=O)N1CCOC[C@@H]1[C@@H]1CCCC1=O. The second-order valence-corrected chi connectivity index (χ2v) is 6.28. The Hall–Kier alpha value is -1.10. The Bertz CT molecular complexity index is 361. The van der Waals surface area contributed by atoms with Crippen LogP contribution >= 0.6 is 0 Å². The van der Waals surface area contributed by atoms with Gasteiger partial charge in [0.05, 0.1) is 19.3 Å². The van der Waals surface area contributed by atoms with Crippen LogP contribution in [0.4, 0.5) is 4.79 Å². The van der Waals surface area contributed by atoms with Crippen LogP contribution in [-0.4, -0.2) is 48.2 Å². The first kappa shape index (κ1) is 14.3. The van der Waals surface area contributed by atoms with E-state index in [4.69, 9.17) is 9.47 Å². The summed E-state index contributed by atoms with van der Waals surface area (Å²) in [7, 11) is 0. The molecule has 2 aliphatic rings. The van der Waals surface area contributed by atoms with E-state index in [9.17, 15) is 9.59 Å². The molecule has 1 saturated carbocycles. The van der Waals surface area contributed by atoms with Crippen molar-refractivity contribution in [2.45, 2.75) is 51.7 Å². The average molecular weight is 269 g/mol. The summed E-state index contributed by atoms with van der Waals surface area (Å²) in [5.41, 5.74) is -0.514. The van der Waals surface area contributed by atoms with Gasteiger partial charge in [-0.3, -0.25) is 9.69 Å². The molecule has 1 amide bonds. The number of carbonyl (C=O) groups excluding carboxylic acids is 2. The molecule has 108 valence electrons. The highest BCUT2D eigenvalue weighted by atomic mass is 16.6. The van der Waals surface area contributed by atoms with Crippen molar-refractivity contribution in [1.82, 2.24) is 4.90 Å². The Kier molecular flexibility index (Phi) is 4.13. The van der Waals surface area contributed by atoms with E-state index in [0.29, 0.717) is 26.2 Å². The van der Waals surface area contributed by atoms with Crippen molar-refractivity contribution in [2.75, 3.05) is 19.8 Å². The van der Waals surface area contributed by atoms with Crippen molar-refractivity contribution in [3.63, 3.8) is 0 Å². The zero-order valence-corrected chi connectivity index (χ0v) is 12.0. The minimum atomic E-state index is -0.514. The van der Waals surface area contributed by atoms with Gasteiger partial charge >= 0.3 is 6.09 Å². The molecule has 5 heteroatoms. The number of carbonyl (C=O) groups is 2. The minimum Gasteiger partial charge on any atom is -0.444 e. The lowest BCUT2D eigenvalue weighted by Gasteiger charge is -2.39. The fraction of sp³-hybridized carbons (Fsp3) is 0.857. The fourth-order valence-electron chi connectivity index (χ4n) is 2.75. The molecular formula is C14H23NO4. The van der Waals surface area contributed by atoms with E-state index in [0.717, 1.165) is 12.8 Å². The smallest absolute Gasteiger partial charge is 0.410 e. The largest absolute Gasteiger partial charge is 0.444 e. The zero-order valence-electron chi connectivity index (χ0n) is 12.0. The summed E-state index contributed by atoms with van der Waals surface area (Å²) in [4.78, 5) is 25.8. The van der Waals surface area contributed by atoms with Crippen LogP contribution in [0.5, 0.6) is 0 Å². The summed E-state index contributed by atoms with van der Waals surface area (Å²) in [6.45, 7) is 7.00. The monoisotopic (exact) mass is 269 g/mol. The van der Waals surface area contributed by atoms with Crippen LogP contribution in [0.25, 0.3) is 0 Å². The fourth-order valence-corrected chi connectivity index (χ4v) is 2.75. The molecule has 2 atom stereocenters. The Morgan fingerprint density at radius 1 is 1.42 bits per heavy atom. The van der Waals surface area contributed by atoms with E-state index >= 15 is 0 Å². The number of hydrogen-bond acceptors (Lipinski definition) is 4. The van der Waals surface area contributed by atoms with Crippen molar-refractivity contribution < 1.29 is 19.1 Å². The molecule has 0 N–H and O–H groups in total. The Labute approximate surface area is 114 Å². The van der Waals surface area contributed by atoms with Gasteiger partial charge in [-0.25, -0.2) is 4.79 Å². The second kappa shape index (κ2) is 5.49. The van der Waals surface area contributed by atoms with Gasteiger partial charge in [0.15, 0.2) is 0 Å². The maximum absolute atomic E-state index is 12.2. The molecule has 0 radical (unpaired) electrons. The van der Waals surface area contributed by atoms with E-state index in [-0.39, 0.29) is 23.8 Å². The van der Waals surface area contributed by atoms with Crippen LogP contribution in [0.1, 0.15) is 40.0 Å². The van der Waals surface area contributed by atoms with Gasteiger partial charge in [-0.15, -0.1) is 0 Å². The molecule has 2 fully saturated rings. The molecule has 0 aromatic carbocycles. The third-order valence-electron chi connectivity index (χ3n) is 3.61. The van der Waals surface area contributed by atoms with E-state index in [1.165, 1.54) is 0 Å². The summed E-state index contributed by atoms with van der Waals surface area (Å²) < 4.78 is 10.9. The van der Waals surface area contributed by atoms with E-state index in [1.54, 1.807) is 4.90 Å². The zero-order chi connectivity index (χ0) is 14.0. The lowest BCUT2D eigenvalue weighted by molar-refractivity contribution is -0.125. The lowest BCUT2D eigenvalue weighted by Crippen LogP contribution is -2.54. The standard InChI is InChI=1S/C14H23NO4/c1-14(2,3)19-13(17)15-7-8-18-9-11(15)10-5-4-6-12(10)16/h10-11H,4-9H2,1-3H3/t10-,11+/m0/s1. The number of ketones is 1. The predicted molar refractivity (Wildman–Crippen MR) is 69.9 cm³/mol. The first-order chi connectivity index (χ1) is 8.88. The van der Waals surface area contributed by atoms with Gasteiger partial charge in [-0.1, -0.05) is 0 Å². The number of morpholine rings is 1. The lowest BCUT2D eigenvalue weighted by atomic mass is 9.95. The number of amides is 1. The van der Waals surface area contributed by atoms with Crippen LogP contribution in [0.3, 0.4) is 0 Å². The van der Waals surface area contributed by atoms with Crippen LogP contribution in [0.15, 0.2) is 0 Å². The van der Waals surface area contributed by atoms with Crippen molar-refractivity contribution in [1.29, 1.82) is 0 Å². The summed E-state index contributed by atoms with van der Waals surface area (Å²) in [5, 5.41) is 0. The van der Waals surface area contributed by atoms with Crippen LogP contribution < -0.4 is 0 Å². The molecule has 5 nitrogen and oxygen atoms in total. The quantitative estimate of drug-likeness (QED) is 0.730. The van der Waals surface area contributed by atoms with Gasteiger partial charge in [0.25, 0.3) is 0 Å². The van der Waals surface area contributed by atoms with Gasteiger partial charge in [0.2, 0.25) is 0 Å². The molecule has 0 spiro atoms. The summed E-state index contributed by atoms with van der Waals surface area (Å²) in [6, 6.07) is -0.154. The van der Waals surface area contributed by atoms with Gasteiger partial charge < -0.3 is 9.47 Å². The number of Topliss-reactive ketones (excluding diaryl/α,β-unsaturated/α-hetero) is 1. The highest BCUT2D eigenvalue weighted by Crippen LogP contribution is 2.29. The van der Waals surface area contributed by atoms with Crippen molar-refractivity contribution in [3.8, 4) is 0 Å². The average Bonchev–Trinajstić information content (AvgIpc) is 2.73. The van der Waals surface area contributed by atoms with Gasteiger partial charge in [0.1, 0.15) is 11.4 Å². The Morgan fingerprint density at radius 2 is 2.16 bits per heavy atom. The number of ether oxygens (including phenoxy) is 2. The third-order valence-corrected chi connectivity index (χ3v) is 3.61. The number of rotatable bonds is 1. The van der Waals surface area contributed by atoms with E-state index in [2.05, 4.69) is 0 Å². The van der Waals surface area contributed by atoms with Crippen molar-refractivity contribution in [3.05, 3.63) is 0 Å².